The molecule has 1 nitrogen and oxygen atoms in total. The van der Waals surface area contributed by atoms with Gasteiger partial charge in [-0.25, -0.2) is 0 Å². The molecule has 0 fully saturated rings. The van der Waals surface area contributed by atoms with Crippen LogP contribution in [0.15, 0.2) is 30.3 Å². The zero-order valence-corrected chi connectivity index (χ0v) is 11.9. The number of halogens is 3. The molecule has 1 aromatic rings. The second kappa shape index (κ2) is 4.56. The summed E-state index contributed by atoms with van der Waals surface area (Å²) in [6, 6.07) is 10.1. The van der Waals surface area contributed by atoms with Crippen molar-refractivity contribution in [2.24, 2.45) is 0 Å². The van der Waals surface area contributed by atoms with E-state index in [9.17, 15) is 0 Å². The van der Waals surface area contributed by atoms with E-state index in [0.29, 0.717) is 0 Å². The van der Waals surface area contributed by atoms with E-state index in [-0.39, 0.29) is 1.61 Å². The highest BCUT2D eigenvalue weighted by Crippen LogP contribution is 2.41. The van der Waals surface area contributed by atoms with Gasteiger partial charge in [-0.3, -0.25) is 3.07 Å². The maximum absolute atomic E-state index is 5.27. The second-order valence-corrected chi connectivity index (χ2v) is 7.50. The summed E-state index contributed by atoms with van der Waals surface area (Å²) in [7, 11) is 0. The van der Waals surface area contributed by atoms with Crippen LogP contribution in [-0.2, 0) is 4.68 Å². The quantitative estimate of drug-likeness (QED) is 0.454. The Hall–Kier alpha value is 1.37. The molecule has 11 heavy (non-hydrogen) atoms. The molecule has 4 heteroatoms. The summed E-state index contributed by atoms with van der Waals surface area (Å²) < 4.78 is 5.03. The fourth-order valence-electron chi connectivity index (χ4n) is 0.677. The van der Waals surface area contributed by atoms with Gasteiger partial charge in [0.05, 0.1) is 0 Å². The highest BCUT2D eigenvalue weighted by molar-refractivity contribution is 14.2. The molecule has 0 atom stereocenters. The molecule has 0 aliphatic rings. The van der Waals surface area contributed by atoms with E-state index < -0.39 is 0 Å². The van der Waals surface area contributed by atoms with Gasteiger partial charge in [-0.1, -0.05) is 30.3 Å². The Kier molecular flexibility index (Phi) is 4.33. The van der Waals surface area contributed by atoms with E-state index in [4.69, 9.17) is 3.07 Å². The lowest BCUT2D eigenvalue weighted by Gasteiger charge is -2.16. The molecule has 0 bridgehead atoms. The molecule has 0 N–H and O–H groups in total. The van der Waals surface area contributed by atoms with Gasteiger partial charge in [0.25, 0.3) is 0 Å². The molecule has 0 amide bonds. The Bertz CT molecular complexity index is 222. The predicted octanol–water partition coefficient (Wildman–Crippen LogP) is 4.03. The van der Waals surface area contributed by atoms with Crippen LogP contribution in [0, 0.1) is 0 Å². The molecule has 0 spiro atoms. The molecule has 0 saturated carbocycles. The zero-order valence-electron chi connectivity index (χ0n) is 5.43. The van der Waals surface area contributed by atoms with E-state index >= 15 is 0 Å². The molecular formula is C7H5I3O. The average Bonchev–Trinajstić information content (AvgIpc) is 2.06. The summed E-state index contributed by atoms with van der Waals surface area (Å²) in [6.07, 6.45) is 0. The molecular weight excluding hydrogens is 481 g/mol. The molecule has 60 valence electrons. The highest BCUT2D eigenvalue weighted by Gasteiger charge is 2.24. The smallest absolute Gasteiger partial charge is 0.206 e. The average molecular weight is 486 g/mol. The first-order valence-corrected chi connectivity index (χ1v) is 5.94. The summed E-state index contributed by atoms with van der Waals surface area (Å²) in [5, 5.41) is 0. The minimum absolute atomic E-state index is 0.239. The number of benzene rings is 1. The predicted molar refractivity (Wildman–Crippen MR) is 71.3 cm³/mol. The van der Waals surface area contributed by atoms with Gasteiger partial charge in [-0.2, -0.15) is 0 Å². The van der Waals surface area contributed by atoms with Gasteiger partial charge in [0.1, 0.15) is 23.0 Å². The molecule has 0 radical (unpaired) electrons. The maximum Gasteiger partial charge on any atom is 0.206 e. The van der Waals surface area contributed by atoms with Crippen LogP contribution >= 0.6 is 68.2 Å². The van der Waals surface area contributed by atoms with E-state index in [0.717, 1.165) is 0 Å². The van der Waals surface area contributed by atoms with Crippen molar-refractivity contribution < 1.29 is 3.07 Å². The van der Waals surface area contributed by atoms with Gasteiger partial charge < -0.3 is 0 Å². The Morgan fingerprint density at radius 1 is 1.09 bits per heavy atom. The van der Waals surface area contributed by atoms with Crippen molar-refractivity contribution in [3.8, 4) is 0 Å². The van der Waals surface area contributed by atoms with E-state index in [2.05, 4.69) is 57.3 Å². The lowest BCUT2D eigenvalue weighted by molar-refractivity contribution is 0.403. The maximum atomic E-state index is 5.27. The van der Waals surface area contributed by atoms with Gasteiger partial charge >= 0.3 is 0 Å². The van der Waals surface area contributed by atoms with Crippen molar-refractivity contribution in [2.75, 3.05) is 0 Å². The fourth-order valence-corrected chi connectivity index (χ4v) is 1.65. The minimum atomic E-state index is -0.239. The highest BCUT2D eigenvalue weighted by atomic mass is 127. The third kappa shape index (κ3) is 2.96. The van der Waals surface area contributed by atoms with Gasteiger partial charge in [-0.15, -0.1) is 0 Å². The standard InChI is InChI=1S/C7H5I3O/c8-7(9,11-10)6-4-2-1-3-5-6/h1-5H. The zero-order chi connectivity index (χ0) is 8.32. The molecule has 0 aliphatic heterocycles. The molecule has 0 aromatic heterocycles. The van der Waals surface area contributed by atoms with Crippen molar-refractivity contribution in [3.63, 3.8) is 0 Å². The van der Waals surface area contributed by atoms with Crippen LogP contribution in [0.5, 0.6) is 0 Å². The normalized spacial score (nSPS) is 11.5. The van der Waals surface area contributed by atoms with Crippen LogP contribution in [0.2, 0.25) is 0 Å². The van der Waals surface area contributed by atoms with Crippen LogP contribution < -0.4 is 0 Å². The van der Waals surface area contributed by atoms with Crippen LogP contribution in [0.1, 0.15) is 5.56 Å². The van der Waals surface area contributed by atoms with Crippen LogP contribution in [0.4, 0.5) is 0 Å². The third-order valence-corrected chi connectivity index (χ3v) is 5.24. The SMILES string of the molecule is IOC(I)(I)c1ccccc1. The van der Waals surface area contributed by atoms with Gasteiger partial charge in [-0.05, 0) is 45.2 Å². The largest absolute Gasteiger partial charge is 0.283 e. The molecule has 0 heterocycles. The van der Waals surface area contributed by atoms with Gasteiger partial charge in [0.2, 0.25) is 1.61 Å². The summed E-state index contributed by atoms with van der Waals surface area (Å²) in [4.78, 5) is 0. The number of hydrogen-bond donors (Lipinski definition) is 0. The first-order valence-electron chi connectivity index (χ1n) is 2.90. The van der Waals surface area contributed by atoms with E-state index in [1.54, 1.807) is 0 Å². The summed E-state index contributed by atoms with van der Waals surface area (Å²) in [6.45, 7) is 0. The third-order valence-electron chi connectivity index (χ3n) is 1.21. The Morgan fingerprint density at radius 3 is 2.09 bits per heavy atom. The first kappa shape index (κ1) is 10.5. The van der Waals surface area contributed by atoms with Crippen LogP contribution in [-0.4, -0.2) is 0 Å². The second-order valence-electron chi connectivity index (χ2n) is 1.96. The van der Waals surface area contributed by atoms with Crippen molar-refractivity contribution in [1.82, 2.24) is 0 Å². The first-order chi connectivity index (χ1) is 5.17. The van der Waals surface area contributed by atoms with Crippen molar-refractivity contribution in [1.29, 1.82) is 0 Å². The van der Waals surface area contributed by atoms with E-state index in [1.807, 2.05) is 41.2 Å². The Labute approximate surface area is 107 Å². The number of rotatable bonds is 2. The molecule has 1 rings (SSSR count). The Morgan fingerprint density at radius 2 is 1.64 bits per heavy atom. The summed E-state index contributed by atoms with van der Waals surface area (Å²) >= 11 is 6.44. The van der Waals surface area contributed by atoms with Crippen molar-refractivity contribution in [2.45, 2.75) is 1.61 Å². The molecule has 0 unspecified atom stereocenters. The molecule has 0 aliphatic carbocycles. The van der Waals surface area contributed by atoms with Gasteiger partial charge in [0, 0.05) is 5.56 Å². The minimum Gasteiger partial charge on any atom is -0.283 e. The van der Waals surface area contributed by atoms with Crippen LogP contribution in [0.25, 0.3) is 0 Å². The Balaban J connectivity index is 2.93. The number of hydrogen-bond acceptors (Lipinski definition) is 1. The lowest BCUT2D eigenvalue weighted by Crippen LogP contribution is -2.06. The van der Waals surface area contributed by atoms with Crippen molar-refractivity contribution >= 4 is 68.2 Å². The lowest BCUT2D eigenvalue weighted by atomic mass is 10.2. The van der Waals surface area contributed by atoms with Gasteiger partial charge in [0.15, 0.2) is 0 Å². The van der Waals surface area contributed by atoms with E-state index in [1.165, 1.54) is 5.56 Å². The fraction of sp³-hybridized carbons (Fsp3) is 0.143. The molecule has 1 aromatic carbocycles. The van der Waals surface area contributed by atoms with Crippen molar-refractivity contribution in [3.05, 3.63) is 35.9 Å². The topological polar surface area (TPSA) is 9.23 Å². The van der Waals surface area contributed by atoms with Crippen LogP contribution in [0.3, 0.4) is 0 Å². The summed E-state index contributed by atoms with van der Waals surface area (Å²) in [5.74, 6) is 0. The molecule has 0 saturated heterocycles. The monoisotopic (exact) mass is 486 g/mol. The summed E-state index contributed by atoms with van der Waals surface area (Å²) in [5.41, 5.74) is 1.18. The number of alkyl halides is 2.